The minimum atomic E-state index is -3.82. The van der Waals surface area contributed by atoms with E-state index in [1.807, 2.05) is 0 Å². The summed E-state index contributed by atoms with van der Waals surface area (Å²) in [6, 6.07) is 15.4. The van der Waals surface area contributed by atoms with Gasteiger partial charge in [0, 0.05) is 18.3 Å². The van der Waals surface area contributed by atoms with E-state index < -0.39 is 15.0 Å². The van der Waals surface area contributed by atoms with Gasteiger partial charge in [-0.25, -0.2) is 0 Å². The first-order valence-corrected chi connectivity index (χ1v) is 9.82. The van der Waals surface area contributed by atoms with Crippen LogP contribution in [0.2, 0.25) is 0 Å². The number of hydrogen-bond donors (Lipinski definition) is 0. The second-order valence-corrected chi connectivity index (χ2v) is 7.47. The number of nitro groups is 1. The Morgan fingerprint density at radius 3 is 2.21 bits per heavy atom. The average molecular weight is 400 g/mol. The summed E-state index contributed by atoms with van der Waals surface area (Å²) in [4.78, 5) is 14.1. The van der Waals surface area contributed by atoms with Gasteiger partial charge in [0.05, 0.1) is 16.9 Å². The van der Waals surface area contributed by atoms with Crippen molar-refractivity contribution in [2.75, 3.05) is 5.75 Å². The van der Waals surface area contributed by atoms with Gasteiger partial charge in [-0.3, -0.25) is 15.1 Å². The Balaban J connectivity index is 1.56. The van der Waals surface area contributed by atoms with E-state index >= 15 is 0 Å². The van der Waals surface area contributed by atoms with Gasteiger partial charge in [-0.2, -0.15) is 8.42 Å². The maximum Gasteiger partial charge on any atom is 0.309 e. The number of aryl methyl sites for hydroxylation is 1. The van der Waals surface area contributed by atoms with E-state index in [2.05, 4.69) is 4.98 Å². The second-order valence-electron chi connectivity index (χ2n) is 5.78. The molecule has 0 saturated heterocycles. The molecule has 0 aliphatic rings. The molecule has 8 nitrogen and oxygen atoms in total. The monoisotopic (exact) mass is 400 g/mol. The van der Waals surface area contributed by atoms with E-state index in [1.165, 1.54) is 36.4 Å². The molecule has 0 unspecified atom stereocenters. The number of ether oxygens (including phenoxy) is 1. The normalized spacial score (nSPS) is 11.0. The van der Waals surface area contributed by atoms with Crippen molar-refractivity contribution >= 4 is 15.8 Å². The summed E-state index contributed by atoms with van der Waals surface area (Å²) in [7, 11) is -3.82. The van der Waals surface area contributed by atoms with Gasteiger partial charge in [-0.15, -0.1) is 0 Å². The maximum absolute atomic E-state index is 12.2. The minimum absolute atomic E-state index is 0.0450. The summed E-state index contributed by atoms with van der Waals surface area (Å²) in [6.45, 7) is 0. The molecule has 0 spiro atoms. The van der Waals surface area contributed by atoms with Gasteiger partial charge in [0.2, 0.25) is 0 Å². The molecule has 144 valence electrons. The summed E-state index contributed by atoms with van der Waals surface area (Å²) in [5, 5.41) is 10.6. The first kappa shape index (κ1) is 19.3. The zero-order chi connectivity index (χ0) is 20.0. The Bertz CT molecular complexity index is 1040. The number of non-ortho nitro benzene ring substituents is 1. The number of benzene rings is 2. The average Bonchev–Trinajstić information content (AvgIpc) is 2.69. The van der Waals surface area contributed by atoms with Crippen molar-refractivity contribution < 1.29 is 22.3 Å². The maximum atomic E-state index is 12.2. The highest BCUT2D eigenvalue weighted by Crippen LogP contribution is 2.24. The second kappa shape index (κ2) is 8.49. The number of hydrogen-bond acceptors (Lipinski definition) is 7. The fraction of sp³-hybridized carbons (Fsp3) is 0.105. The predicted octanol–water partition coefficient (Wildman–Crippen LogP) is 3.73. The van der Waals surface area contributed by atoms with Crippen LogP contribution in [0.3, 0.4) is 0 Å². The Hall–Kier alpha value is -3.46. The number of nitro benzene ring substituents is 1. The Morgan fingerprint density at radius 1 is 0.929 bits per heavy atom. The lowest BCUT2D eigenvalue weighted by Crippen LogP contribution is -2.15. The third-order valence-corrected chi connectivity index (χ3v) is 4.86. The van der Waals surface area contributed by atoms with Gasteiger partial charge < -0.3 is 8.92 Å². The minimum Gasteiger partial charge on any atom is -0.456 e. The first-order valence-electron chi connectivity index (χ1n) is 8.25. The molecule has 0 amide bonds. The quantitative estimate of drug-likeness (QED) is 0.322. The van der Waals surface area contributed by atoms with E-state index in [4.69, 9.17) is 8.92 Å². The van der Waals surface area contributed by atoms with Crippen LogP contribution in [-0.4, -0.2) is 24.1 Å². The SMILES string of the molecule is O=[N+]([O-])c1ccc(CCS(=O)(=O)Oc2ccc(Oc3cccnc3)cc2)cc1. The molecule has 3 aromatic rings. The molecule has 0 aliphatic carbocycles. The molecule has 2 aromatic carbocycles. The summed E-state index contributed by atoms with van der Waals surface area (Å²) in [5.74, 6) is 0.997. The van der Waals surface area contributed by atoms with Crippen molar-refractivity contribution in [2.45, 2.75) is 6.42 Å². The highest BCUT2D eigenvalue weighted by atomic mass is 32.2. The molecule has 0 aliphatic heterocycles. The third-order valence-electron chi connectivity index (χ3n) is 3.70. The molecule has 0 N–H and O–H groups in total. The Morgan fingerprint density at radius 2 is 1.61 bits per heavy atom. The van der Waals surface area contributed by atoms with Gasteiger partial charge in [-0.1, -0.05) is 12.1 Å². The third kappa shape index (κ3) is 5.52. The Labute approximate surface area is 161 Å². The van der Waals surface area contributed by atoms with Crippen LogP contribution in [0, 0.1) is 10.1 Å². The van der Waals surface area contributed by atoms with Crippen LogP contribution >= 0.6 is 0 Å². The predicted molar refractivity (Wildman–Crippen MR) is 102 cm³/mol. The first-order chi connectivity index (χ1) is 13.4. The van der Waals surface area contributed by atoms with Crippen LogP contribution in [0.1, 0.15) is 5.56 Å². The van der Waals surface area contributed by atoms with Crippen LogP contribution in [0.5, 0.6) is 17.2 Å². The van der Waals surface area contributed by atoms with E-state index in [-0.39, 0.29) is 23.6 Å². The molecular formula is C19H16N2O6S. The number of pyridine rings is 1. The van der Waals surface area contributed by atoms with E-state index in [9.17, 15) is 18.5 Å². The molecule has 0 saturated carbocycles. The summed E-state index contributed by atoms with van der Waals surface area (Å²) >= 11 is 0. The van der Waals surface area contributed by atoms with E-state index in [0.717, 1.165) is 0 Å². The highest BCUT2D eigenvalue weighted by molar-refractivity contribution is 7.87. The zero-order valence-corrected chi connectivity index (χ0v) is 15.4. The van der Waals surface area contributed by atoms with Crippen molar-refractivity contribution in [3.8, 4) is 17.2 Å². The fourth-order valence-electron chi connectivity index (χ4n) is 2.32. The fourth-order valence-corrected chi connectivity index (χ4v) is 3.30. The Kier molecular flexibility index (Phi) is 5.85. The molecular weight excluding hydrogens is 384 g/mol. The van der Waals surface area contributed by atoms with Crippen molar-refractivity contribution in [1.82, 2.24) is 4.98 Å². The van der Waals surface area contributed by atoms with Crippen molar-refractivity contribution in [2.24, 2.45) is 0 Å². The molecule has 1 heterocycles. The molecule has 0 fully saturated rings. The van der Waals surface area contributed by atoms with Crippen LogP contribution < -0.4 is 8.92 Å². The number of nitrogens with zero attached hydrogens (tertiary/aromatic N) is 2. The molecule has 9 heteroatoms. The van der Waals surface area contributed by atoms with Gasteiger partial charge >= 0.3 is 10.1 Å². The standard InChI is InChI=1S/C19H16N2O6S/c22-21(23)16-5-3-15(4-6-16)11-13-28(24,25)27-18-9-7-17(8-10-18)26-19-2-1-12-20-14-19/h1-10,12,14H,11,13H2. The zero-order valence-electron chi connectivity index (χ0n) is 14.6. The van der Waals surface area contributed by atoms with E-state index in [1.54, 1.807) is 36.7 Å². The lowest BCUT2D eigenvalue weighted by molar-refractivity contribution is -0.384. The van der Waals surface area contributed by atoms with Gasteiger partial charge in [0.25, 0.3) is 5.69 Å². The lowest BCUT2D eigenvalue weighted by Gasteiger charge is -2.09. The van der Waals surface area contributed by atoms with Crippen molar-refractivity contribution in [3.63, 3.8) is 0 Å². The topological polar surface area (TPSA) is 109 Å². The largest absolute Gasteiger partial charge is 0.456 e. The molecule has 1 aromatic heterocycles. The number of rotatable bonds is 8. The molecule has 0 bridgehead atoms. The molecule has 3 rings (SSSR count). The molecule has 0 atom stereocenters. The van der Waals surface area contributed by atoms with Gasteiger partial charge in [0.15, 0.2) is 0 Å². The lowest BCUT2D eigenvalue weighted by atomic mass is 10.1. The molecule has 28 heavy (non-hydrogen) atoms. The van der Waals surface area contributed by atoms with Crippen molar-refractivity contribution in [3.05, 3.63) is 88.7 Å². The van der Waals surface area contributed by atoms with Crippen LogP contribution in [-0.2, 0) is 16.5 Å². The van der Waals surface area contributed by atoms with Gasteiger partial charge in [-0.05, 0) is 48.4 Å². The van der Waals surface area contributed by atoms with Crippen LogP contribution in [0.4, 0.5) is 5.69 Å². The van der Waals surface area contributed by atoms with Crippen LogP contribution in [0.25, 0.3) is 0 Å². The molecule has 0 radical (unpaired) electrons. The van der Waals surface area contributed by atoms with Crippen LogP contribution in [0.15, 0.2) is 73.1 Å². The highest BCUT2D eigenvalue weighted by Gasteiger charge is 2.14. The summed E-state index contributed by atoms with van der Waals surface area (Å²) in [6.07, 6.45) is 3.38. The summed E-state index contributed by atoms with van der Waals surface area (Å²) < 4.78 is 35.0. The smallest absolute Gasteiger partial charge is 0.309 e. The number of aromatic nitrogens is 1. The van der Waals surface area contributed by atoms with Crippen molar-refractivity contribution in [1.29, 1.82) is 0 Å². The summed E-state index contributed by atoms with van der Waals surface area (Å²) in [5.41, 5.74) is 0.620. The van der Waals surface area contributed by atoms with Gasteiger partial charge in [0.1, 0.15) is 17.2 Å². The van der Waals surface area contributed by atoms with E-state index in [0.29, 0.717) is 17.1 Å².